The fraction of sp³-hybridized carbons (Fsp3) is 0.632. The fourth-order valence-corrected chi connectivity index (χ4v) is 2.25. The molecule has 0 aromatic heterocycles. The maximum atomic E-state index is 11.9. The highest BCUT2D eigenvalue weighted by molar-refractivity contribution is 5.89. The molecule has 22 heavy (non-hydrogen) atoms. The van der Waals surface area contributed by atoms with Gasteiger partial charge in [0.25, 0.3) is 0 Å². The minimum absolute atomic E-state index is 0.207. The Bertz CT molecular complexity index is 400. The molecule has 0 aliphatic heterocycles. The van der Waals surface area contributed by atoms with E-state index >= 15 is 0 Å². The third-order valence-corrected chi connectivity index (χ3v) is 3.71. The van der Waals surface area contributed by atoms with Crippen LogP contribution in [0.15, 0.2) is 24.3 Å². The van der Waals surface area contributed by atoms with E-state index in [0.717, 1.165) is 25.9 Å². The lowest BCUT2D eigenvalue weighted by Gasteiger charge is -2.07. The SMILES string of the molecule is CCCCCCCOC(=O)c1ccc(CNCCCC)cc1. The van der Waals surface area contributed by atoms with Crippen LogP contribution in [0.3, 0.4) is 0 Å². The Morgan fingerprint density at radius 2 is 1.64 bits per heavy atom. The van der Waals surface area contributed by atoms with E-state index in [1.807, 2.05) is 24.3 Å². The third kappa shape index (κ3) is 8.18. The predicted octanol–water partition coefficient (Wildman–Crippen LogP) is 4.70. The van der Waals surface area contributed by atoms with Gasteiger partial charge in [-0.25, -0.2) is 4.79 Å². The van der Waals surface area contributed by atoms with Crippen LogP contribution in [-0.2, 0) is 11.3 Å². The molecule has 0 bridgehead atoms. The first kappa shape index (κ1) is 18.7. The molecule has 0 radical (unpaired) electrons. The topological polar surface area (TPSA) is 38.3 Å². The van der Waals surface area contributed by atoms with Gasteiger partial charge in [0.2, 0.25) is 0 Å². The summed E-state index contributed by atoms with van der Waals surface area (Å²) in [4.78, 5) is 11.9. The molecule has 1 aromatic carbocycles. The molecule has 0 fully saturated rings. The number of ether oxygens (including phenoxy) is 1. The highest BCUT2D eigenvalue weighted by atomic mass is 16.5. The number of hydrogen-bond acceptors (Lipinski definition) is 3. The first-order chi connectivity index (χ1) is 10.8. The zero-order valence-corrected chi connectivity index (χ0v) is 14.2. The first-order valence-corrected chi connectivity index (χ1v) is 8.74. The molecular formula is C19H31NO2. The van der Waals surface area contributed by atoms with Gasteiger partial charge in [-0.2, -0.15) is 0 Å². The largest absolute Gasteiger partial charge is 0.462 e. The molecule has 1 rings (SSSR count). The van der Waals surface area contributed by atoms with Crippen molar-refractivity contribution in [2.24, 2.45) is 0 Å². The number of esters is 1. The lowest BCUT2D eigenvalue weighted by molar-refractivity contribution is 0.0497. The molecule has 0 amide bonds. The molecule has 0 unspecified atom stereocenters. The molecule has 0 spiro atoms. The Labute approximate surface area is 135 Å². The van der Waals surface area contributed by atoms with E-state index in [2.05, 4.69) is 19.2 Å². The van der Waals surface area contributed by atoms with Gasteiger partial charge >= 0.3 is 5.97 Å². The lowest BCUT2D eigenvalue weighted by atomic mass is 10.1. The third-order valence-electron chi connectivity index (χ3n) is 3.71. The molecule has 1 N–H and O–H groups in total. The summed E-state index contributed by atoms with van der Waals surface area (Å²) in [6.45, 7) is 6.81. The van der Waals surface area contributed by atoms with E-state index in [1.165, 1.54) is 37.7 Å². The molecular weight excluding hydrogens is 274 g/mol. The zero-order chi connectivity index (χ0) is 16.0. The Hall–Kier alpha value is -1.35. The smallest absolute Gasteiger partial charge is 0.338 e. The summed E-state index contributed by atoms with van der Waals surface area (Å²) in [5, 5.41) is 3.39. The van der Waals surface area contributed by atoms with Crippen molar-refractivity contribution in [2.45, 2.75) is 65.3 Å². The molecule has 3 nitrogen and oxygen atoms in total. The molecule has 1 aromatic rings. The summed E-state index contributed by atoms with van der Waals surface area (Å²) in [6.07, 6.45) is 8.24. The molecule has 0 heterocycles. The predicted molar refractivity (Wildman–Crippen MR) is 92.1 cm³/mol. The normalized spacial score (nSPS) is 10.6. The summed E-state index contributed by atoms with van der Waals surface area (Å²) in [5.41, 5.74) is 1.85. The highest BCUT2D eigenvalue weighted by Gasteiger charge is 2.06. The Kier molecular flexibility index (Phi) is 10.4. The number of rotatable bonds is 12. The zero-order valence-electron chi connectivity index (χ0n) is 14.2. The van der Waals surface area contributed by atoms with Crippen LogP contribution in [0.2, 0.25) is 0 Å². The van der Waals surface area contributed by atoms with E-state index in [1.54, 1.807) is 0 Å². The van der Waals surface area contributed by atoms with Gasteiger partial charge in [0.1, 0.15) is 0 Å². The van der Waals surface area contributed by atoms with Gasteiger partial charge in [-0.1, -0.05) is 58.1 Å². The summed E-state index contributed by atoms with van der Waals surface area (Å²) in [5.74, 6) is -0.207. The minimum Gasteiger partial charge on any atom is -0.462 e. The molecule has 0 aliphatic rings. The Morgan fingerprint density at radius 3 is 2.32 bits per heavy atom. The fourth-order valence-electron chi connectivity index (χ4n) is 2.25. The van der Waals surface area contributed by atoms with Gasteiger partial charge in [0.15, 0.2) is 0 Å². The highest BCUT2D eigenvalue weighted by Crippen LogP contribution is 2.08. The van der Waals surface area contributed by atoms with Crippen LogP contribution in [0.1, 0.15) is 74.7 Å². The van der Waals surface area contributed by atoms with Crippen LogP contribution in [0.25, 0.3) is 0 Å². The second kappa shape index (κ2) is 12.2. The summed E-state index contributed by atoms with van der Waals surface area (Å²) in [6, 6.07) is 7.71. The second-order valence-corrected chi connectivity index (χ2v) is 5.78. The number of unbranched alkanes of at least 4 members (excludes halogenated alkanes) is 5. The maximum Gasteiger partial charge on any atom is 0.338 e. The van der Waals surface area contributed by atoms with Crippen LogP contribution in [-0.4, -0.2) is 19.1 Å². The van der Waals surface area contributed by atoms with Crippen LogP contribution < -0.4 is 5.32 Å². The van der Waals surface area contributed by atoms with E-state index in [0.29, 0.717) is 12.2 Å². The van der Waals surface area contributed by atoms with E-state index < -0.39 is 0 Å². The Balaban J connectivity index is 2.22. The number of nitrogens with one attached hydrogen (secondary N) is 1. The second-order valence-electron chi connectivity index (χ2n) is 5.78. The quantitative estimate of drug-likeness (QED) is 0.449. The maximum absolute atomic E-state index is 11.9. The van der Waals surface area contributed by atoms with E-state index in [4.69, 9.17) is 4.74 Å². The first-order valence-electron chi connectivity index (χ1n) is 8.74. The standard InChI is InChI=1S/C19H31NO2/c1-3-5-7-8-9-15-22-19(21)18-12-10-17(11-13-18)16-20-14-6-4-2/h10-13,20H,3-9,14-16H2,1-2H3. The van der Waals surface area contributed by atoms with Gasteiger partial charge in [-0.15, -0.1) is 0 Å². The van der Waals surface area contributed by atoms with Crippen LogP contribution in [0, 0.1) is 0 Å². The van der Waals surface area contributed by atoms with E-state index in [-0.39, 0.29) is 5.97 Å². The molecule has 0 saturated heterocycles. The van der Waals surface area contributed by atoms with Crippen molar-refractivity contribution in [1.29, 1.82) is 0 Å². The van der Waals surface area contributed by atoms with Gasteiger partial charge in [0.05, 0.1) is 12.2 Å². The van der Waals surface area contributed by atoms with Crippen molar-refractivity contribution < 1.29 is 9.53 Å². The Morgan fingerprint density at radius 1 is 0.955 bits per heavy atom. The molecule has 0 saturated carbocycles. The van der Waals surface area contributed by atoms with Crippen molar-refractivity contribution in [3.63, 3.8) is 0 Å². The average molecular weight is 305 g/mol. The molecule has 0 atom stereocenters. The van der Waals surface area contributed by atoms with Crippen LogP contribution in [0.5, 0.6) is 0 Å². The lowest BCUT2D eigenvalue weighted by Crippen LogP contribution is -2.14. The van der Waals surface area contributed by atoms with Crippen molar-refractivity contribution in [2.75, 3.05) is 13.2 Å². The summed E-state index contributed by atoms with van der Waals surface area (Å²) in [7, 11) is 0. The van der Waals surface area contributed by atoms with Gasteiger partial charge < -0.3 is 10.1 Å². The molecule has 0 aliphatic carbocycles. The number of benzene rings is 1. The van der Waals surface area contributed by atoms with Crippen LogP contribution in [0.4, 0.5) is 0 Å². The van der Waals surface area contributed by atoms with Gasteiger partial charge in [-0.3, -0.25) is 0 Å². The minimum atomic E-state index is -0.207. The van der Waals surface area contributed by atoms with Gasteiger partial charge in [0, 0.05) is 6.54 Å². The van der Waals surface area contributed by atoms with Gasteiger partial charge in [-0.05, 0) is 37.1 Å². The van der Waals surface area contributed by atoms with E-state index in [9.17, 15) is 4.79 Å². The number of carbonyl (C=O) groups excluding carboxylic acids is 1. The number of hydrogen-bond donors (Lipinski definition) is 1. The number of carbonyl (C=O) groups is 1. The molecule has 124 valence electrons. The van der Waals surface area contributed by atoms with Crippen molar-refractivity contribution in [3.05, 3.63) is 35.4 Å². The molecule has 3 heteroatoms. The summed E-state index contributed by atoms with van der Waals surface area (Å²) >= 11 is 0. The van der Waals surface area contributed by atoms with Crippen LogP contribution >= 0.6 is 0 Å². The van der Waals surface area contributed by atoms with Crippen molar-refractivity contribution >= 4 is 5.97 Å². The van der Waals surface area contributed by atoms with Crippen molar-refractivity contribution in [3.8, 4) is 0 Å². The summed E-state index contributed by atoms with van der Waals surface area (Å²) < 4.78 is 5.31. The average Bonchev–Trinajstić information content (AvgIpc) is 2.55. The monoisotopic (exact) mass is 305 g/mol. The van der Waals surface area contributed by atoms with Crippen molar-refractivity contribution in [1.82, 2.24) is 5.32 Å².